The van der Waals surface area contributed by atoms with E-state index in [-0.39, 0.29) is 18.1 Å². The number of anilines is 1. The van der Waals surface area contributed by atoms with Crippen molar-refractivity contribution >= 4 is 34.0 Å². The molecule has 9 heteroatoms. The monoisotopic (exact) mass is 453 g/mol. The summed E-state index contributed by atoms with van der Waals surface area (Å²) in [6.07, 6.45) is 8.78. The van der Waals surface area contributed by atoms with E-state index >= 15 is 0 Å². The molecule has 3 heterocycles. The number of benzene rings is 1. The minimum atomic E-state index is -0.0769. The van der Waals surface area contributed by atoms with Crippen LogP contribution in [0.5, 0.6) is 5.75 Å². The number of hydrogen-bond donors (Lipinski definition) is 1. The lowest BCUT2D eigenvalue weighted by Gasteiger charge is -2.31. The van der Waals surface area contributed by atoms with Crippen LogP contribution in [0.1, 0.15) is 40.4 Å². The molecule has 0 radical (unpaired) electrons. The Bertz CT molecular complexity index is 1090. The number of thiazole rings is 1. The molecule has 1 N–H and O–H groups in total. The Morgan fingerprint density at radius 3 is 2.66 bits per heavy atom. The van der Waals surface area contributed by atoms with Crippen LogP contribution in [0.25, 0.3) is 11.0 Å². The molecule has 5 rings (SSSR count). The van der Waals surface area contributed by atoms with Gasteiger partial charge < -0.3 is 19.7 Å². The summed E-state index contributed by atoms with van der Waals surface area (Å²) in [5, 5.41) is 3.66. The average Bonchev–Trinajstić information content (AvgIpc) is 3.27. The van der Waals surface area contributed by atoms with E-state index in [2.05, 4.69) is 37.3 Å². The van der Waals surface area contributed by atoms with Crippen LogP contribution in [-0.4, -0.2) is 59.3 Å². The molecule has 32 heavy (non-hydrogen) atoms. The third-order valence-electron chi connectivity index (χ3n) is 6.02. The normalized spacial score (nSPS) is 21.5. The van der Waals surface area contributed by atoms with Crippen LogP contribution in [0, 0.1) is 6.92 Å². The van der Waals surface area contributed by atoms with E-state index in [0.29, 0.717) is 5.01 Å². The number of rotatable bonds is 5. The van der Waals surface area contributed by atoms with E-state index in [1.165, 1.54) is 11.3 Å². The minimum absolute atomic E-state index is 0.0769. The molecular formula is C23H27N5O3S. The van der Waals surface area contributed by atoms with Gasteiger partial charge in [-0.3, -0.25) is 9.78 Å². The van der Waals surface area contributed by atoms with E-state index in [1.54, 1.807) is 18.6 Å². The van der Waals surface area contributed by atoms with Crippen LogP contribution in [0.4, 0.5) is 5.69 Å². The van der Waals surface area contributed by atoms with Gasteiger partial charge in [0.25, 0.3) is 5.91 Å². The summed E-state index contributed by atoms with van der Waals surface area (Å²) in [4.78, 5) is 29.0. The zero-order valence-electron chi connectivity index (χ0n) is 18.1. The molecule has 1 amide bonds. The van der Waals surface area contributed by atoms with Gasteiger partial charge in [0, 0.05) is 54.4 Å². The van der Waals surface area contributed by atoms with Gasteiger partial charge in [-0.1, -0.05) is 0 Å². The Labute approximate surface area is 191 Å². The van der Waals surface area contributed by atoms with E-state index in [9.17, 15) is 4.79 Å². The van der Waals surface area contributed by atoms with Gasteiger partial charge in [-0.15, -0.1) is 11.3 Å². The SMILES string of the molecule is Cc1cnc(C(=O)NC2CCC(Oc3cc(N4CCOCC4)cc4nccnc34)CC2)s1. The van der Waals surface area contributed by atoms with Crippen LogP contribution in [0.15, 0.2) is 30.7 Å². The number of carbonyl (C=O) groups is 1. The Kier molecular flexibility index (Phi) is 6.18. The molecule has 2 fully saturated rings. The molecule has 1 saturated heterocycles. The topological polar surface area (TPSA) is 89.5 Å². The van der Waals surface area contributed by atoms with E-state index in [4.69, 9.17) is 9.47 Å². The van der Waals surface area contributed by atoms with Crippen molar-refractivity contribution in [2.24, 2.45) is 0 Å². The maximum Gasteiger partial charge on any atom is 0.280 e. The van der Waals surface area contributed by atoms with Crippen molar-refractivity contribution in [3.63, 3.8) is 0 Å². The fourth-order valence-electron chi connectivity index (χ4n) is 4.33. The molecule has 1 aromatic carbocycles. The quantitative estimate of drug-likeness (QED) is 0.634. The van der Waals surface area contributed by atoms with Crippen molar-refractivity contribution in [2.45, 2.75) is 44.8 Å². The van der Waals surface area contributed by atoms with Crippen molar-refractivity contribution in [3.8, 4) is 5.75 Å². The first-order valence-corrected chi connectivity index (χ1v) is 11.9. The van der Waals surface area contributed by atoms with Crippen molar-refractivity contribution < 1.29 is 14.3 Å². The summed E-state index contributed by atoms with van der Waals surface area (Å²) in [5.41, 5.74) is 2.72. The summed E-state index contributed by atoms with van der Waals surface area (Å²) in [6, 6.07) is 4.32. The molecule has 2 aromatic heterocycles. The van der Waals surface area contributed by atoms with Gasteiger partial charge in [0.1, 0.15) is 11.3 Å². The van der Waals surface area contributed by atoms with Gasteiger partial charge >= 0.3 is 0 Å². The number of aryl methyl sites for hydroxylation is 1. The molecule has 2 aliphatic rings. The average molecular weight is 454 g/mol. The molecule has 0 unspecified atom stereocenters. The second-order valence-electron chi connectivity index (χ2n) is 8.31. The standard InChI is InChI=1S/C23H27N5O3S/c1-15-14-26-23(32-15)22(29)27-16-2-4-18(5-3-16)31-20-13-17(28-8-10-30-11-9-28)12-19-21(20)25-7-6-24-19/h6-7,12-14,16,18H,2-5,8-11H2,1H3,(H,27,29). The predicted octanol–water partition coefficient (Wildman–Crippen LogP) is 3.35. The third kappa shape index (κ3) is 4.68. The van der Waals surface area contributed by atoms with Crippen LogP contribution >= 0.6 is 11.3 Å². The lowest BCUT2D eigenvalue weighted by atomic mass is 9.93. The van der Waals surface area contributed by atoms with Crippen LogP contribution in [0.3, 0.4) is 0 Å². The molecule has 0 spiro atoms. The van der Waals surface area contributed by atoms with Crippen molar-refractivity contribution in [3.05, 3.63) is 40.6 Å². The third-order valence-corrected chi connectivity index (χ3v) is 6.93. The number of carbonyl (C=O) groups excluding carboxylic acids is 1. The van der Waals surface area contributed by atoms with E-state index in [0.717, 1.165) is 79.3 Å². The van der Waals surface area contributed by atoms with Gasteiger partial charge in [0.05, 0.1) is 24.8 Å². The lowest BCUT2D eigenvalue weighted by Crippen LogP contribution is -2.39. The number of hydrogen-bond acceptors (Lipinski definition) is 8. The highest BCUT2D eigenvalue weighted by atomic mass is 32.1. The maximum atomic E-state index is 12.4. The highest BCUT2D eigenvalue weighted by Crippen LogP contribution is 2.33. The van der Waals surface area contributed by atoms with Crippen LogP contribution in [-0.2, 0) is 4.74 Å². The van der Waals surface area contributed by atoms with Crippen molar-refractivity contribution in [2.75, 3.05) is 31.2 Å². The zero-order chi connectivity index (χ0) is 21.9. The second kappa shape index (κ2) is 9.38. The Morgan fingerprint density at radius 1 is 1.12 bits per heavy atom. The summed E-state index contributed by atoms with van der Waals surface area (Å²) in [6.45, 7) is 5.12. The number of nitrogens with one attached hydrogen (secondary N) is 1. The second-order valence-corrected chi connectivity index (χ2v) is 9.54. The molecule has 8 nitrogen and oxygen atoms in total. The molecule has 0 bridgehead atoms. The summed E-state index contributed by atoms with van der Waals surface area (Å²) < 4.78 is 12.0. The smallest absolute Gasteiger partial charge is 0.280 e. The molecule has 1 aliphatic heterocycles. The Morgan fingerprint density at radius 2 is 1.91 bits per heavy atom. The fourth-order valence-corrected chi connectivity index (χ4v) is 5.00. The molecule has 168 valence electrons. The van der Waals surface area contributed by atoms with Crippen LogP contribution < -0.4 is 15.0 Å². The summed E-state index contributed by atoms with van der Waals surface area (Å²) in [7, 11) is 0. The van der Waals surface area contributed by atoms with Gasteiger partial charge in [0.2, 0.25) is 0 Å². The lowest BCUT2D eigenvalue weighted by molar-refractivity contribution is 0.0894. The first-order valence-electron chi connectivity index (χ1n) is 11.1. The number of aromatic nitrogens is 3. The summed E-state index contributed by atoms with van der Waals surface area (Å²) in [5.74, 6) is 0.704. The van der Waals surface area contributed by atoms with E-state index in [1.807, 2.05) is 6.92 Å². The molecule has 1 aliphatic carbocycles. The number of ether oxygens (including phenoxy) is 2. The summed E-state index contributed by atoms with van der Waals surface area (Å²) >= 11 is 1.43. The van der Waals surface area contributed by atoms with Crippen molar-refractivity contribution in [1.29, 1.82) is 0 Å². The van der Waals surface area contributed by atoms with Crippen LogP contribution in [0.2, 0.25) is 0 Å². The molecule has 3 aromatic rings. The van der Waals surface area contributed by atoms with Gasteiger partial charge in [0.15, 0.2) is 5.01 Å². The first-order chi connectivity index (χ1) is 15.7. The minimum Gasteiger partial charge on any atom is -0.488 e. The van der Waals surface area contributed by atoms with E-state index < -0.39 is 0 Å². The van der Waals surface area contributed by atoms with Gasteiger partial charge in [-0.2, -0.15) is 0 Å². The largest absolute Gasteiger partial charge is 0.488 e. The Balaban J connectivity index is 1.25. The highest BCUT2D eigenvalue weighted by Gasteiger charge is 2.26. The number of morpholine rings is 1. The van der Waals surface area contributed by atoms with Gasteiger partial charge in [-0.25, -0.2) is 9.97 Å². The molecular weight excluding hydrogens is 426 g/mol. The van der Waals surface area contributed by atoms with Gasteiger partial charge in [-0.05, 0) is 38.7 Å². The number of nitrogens with zero attached hydrogens (tertiary/aromatic N) is 4. The first kappa shape index (κ1) is 21.1. The predicted molar refractivity (Wildman–Crippen MR) is 124 cm³/mol. The molecule has 1 saturated carbocycles. The number of amides is 1. The Hall–Kier alpha value is -2.78. The number of fused-ring (bicyclic) bond motifs is 1. The zero-order valence-corrected chi connectivity index (χ0v) is 18.9. The van der Waals surface area contributed by atoms with Crippen molar-refractivity contribution in [1.82, 2.24) is 20.3 Å². The maximum absolute atomic E-state index is 12.4. The highest BCUT2D eigenvalue weighted by molar-refractivity contribution is 7.13. The fraction of sp³-hybridized carbons (Fsp3) is 0.478. The molecule has 0 atom stereocenters.